The average molecular weight is 476 g/mol. The first-order valence-electron chi connectivity index (χ1n) is 10.6. The summed E-state index contributed by atoms with van der Waals surface area (Å²) in [6.45, 7) is 1.71. The highest BCUT2D eigenvalue weighted by Gasteiger charge is 2.20. The van der Waals surface area contributed by atoms with Crippen molar-refractivity contribution in [3.63, 3.8) is 0 Å². The monoisotopic (exact) mass is 476 g/mol. The standard InChI is InChI=1S/C27H24O8/c1-15-24(18-8-6-7-9-20(18)30-2)25(28)19-11-10-17(14-21(19)34-15)35-27(29)16-12-22(31-3)26(33-5)23(13-16)32-4/h6-14H,1-5H3. The van der Waals surface area contributed by atoms with Crippen LogP contribution in [0.5, 0.6) is 28.7 Å². The zero-order chi connectivity index (χ0) is 25.1. The maximum absolute atomic E-state index is 13.3. The van der Waals surface area contributed by atoms with Gasteiger partial charge in [0.15, 0.2) is 11.5 Å². The van der Waals surface area contributed by atoms with Gasteiger partial charge in [-0.1, -0.05) is 18.2 Å². The predicted molar refractivity (Wildman–Crippen MR) is 130 cm³/mol. The normalized spacial score (nSPS) is 10.7. The number of hydrogen-bond donors (Lipinski definition) is 0. The van der Waals surface area contributed by atoms with Crippen molar-refractivity contribution in [1.29, 1.82) is 0 Å². The maximum Gasteiger partial charge on any atom is 0.343 e. The molecule has 0 N–H and O–H groups in total. The van der Waals surface area contributed by atoms with Crippen molar-refractivity contribution in [2.75, 3.05) is 28.4 Å². The number of ether oxygens (including phenoxy) is 5. The SMILES string of the molecule is COc1ccccc1-c1c(C)oc2cc(OC(=O)c3cc(OC)c(OC)c(OC)c3)ccc2c1=O. The van der Waals surface area contributed by atoms with Gasteiger partial charge in [-0.3, -0.25) is 4.79 Å². The molecule has 0 aliphatic heterocycles. The number of rotatable bonds is 7. The van der Waals surface area contributed by atoms with Crippen LogP contribution in [-0.2, 0) is 0 Å². The summed E-state index contributed by atoms with van der Waals surface area (Å²) < 4.78 is 32.8. The Labute approximate surface area is 201 Å². The second kappa shape index (κ2) is 9.80. The van der Waals surface area contributed by atoms with E-state index in [0.29, 0.717) is 50.9 Å². The highest BCUT2D eigenvalue weighted by atomic mass is 16.5. The van der Waals surface area contributed by atoms with Gasteiger partial charge in [0.2, 0.25) is 11.2 Å². The Kier molecular flexibility index (Phi) is 6.64. The van der Waals surface area contributed by atoms with E-state index in [0.717, 1.165) is 0 Å². The minimum absolute atomic E-state index is 0.198. The van der Waals surface area contributed by atoms with E-state index in [1.54, 1.807) is 32.2 Å². The van der Waals surface area contributed by atoms with E-state index in [1.807, 2.05) is 12.1 Å². The molecular formula is C27H24O8. The Morgan fingerprint density at radius 3 is 2.09 bits per heavy atom. The van der Waals surface area contributed by atoms with E-state index in [9.17, 15) is 9.59 Å². The third kappa shape index (κ3) is 4.38. The first-order chi connectivity index (χ1) is 16.9. The van der Waals surface area contributed by atoms with Crippen LogP contribution in [0, 0.1) is 6.92 Å². The van der Waals surface area contributed by atoms with Gasteiger partial charge >= 0.3 is 5.97 Å². The molecule has 8 nitrogen and oxygen atoms in total. The average Bonchev–Trinajstić information content (AvgIpc) is 2.87. The largest absolute Gasteiger partial charge is 0.496 e. The smallest absolute Gasteiger partial charge is 0.343 e. The van der Waals surface area contributed by atoms with Gasteiger partial charge < -0.3 is 28.1 Å². The van der Waals surface area contributed by atoms with E-state index in [-0.39, 0.29) is 16.7 Å². The fourth-order valence-corrected chi connectivity index (χ4v) is 3.88. The van der Waals surface area contributed by atoms with Crippen molar-refractivity contribution in [1.82, 2.24) is 0 Å². The fourth-order valence-electron chi connectivity index (χ4n) is 3.88. The molecule has 0 fully saturated rings. The number of benzene rings is 3. The molecular weight excluding hydrogens is 452 g/mol. The van der Waals surface area contributed by atoms with E-state index >= 15 is 0 Å². The lowest BCUT2D eigenvalue weighted by atomic mass is 10.0. The molecule has 0 aliphatic carbocycles. The Morgan fingerprint density at radius 1 is 0.800 bits per heavy atom. The fraction of sp³-hybridized carbons (Fsp3) is 0.185. The van der Waals surface area contributed by atoms with Gasteiger partial charge in [-0.15, -0.1) is 0 Å². The lowest BCUT2D eigenvalue weighted by Crippen LogP contribution is -2.11. The molecule has 0 unspecified atom stereocenters. The van der Waals surface area contributed by atoms with E-state index in [2.05, 4.69) is 0 Å². The minimum Gasteiger partial charge on any atom is -0.496 e. The van der Waals surface area contributed by atoms with Crippen molar-refractivity contribution in [2.24, 2.45) is 0 Å². The van der Waals surface area contributed by atoms with Crippen molar-refractivity contribution >= 4 is 16.9 Å². The summed E-state index contributed by atoms with van der Waals surface area (Å²) in [5.41, 5.74) is 1.33. The lowest BCUT2D eigenvalue weighted by molar-refractivity contribution is 0.0734. The van der Waals surface area contributed by atoms with Gasteiger partial charge in [0.25, 0.3) is 0 Å². The number of carbonyl (C=O) groups excluding carboxylic acids is 1. The third-order valence-corrected chi connectivity index (χ3v) is 5.53. The molecule has 0 spiro atoms. The van der Waals surface area contributed by atoms with Crippen LogP contribution in [0.25, 0.3) is 22.1 Å². The van der Waals surface area contributed by atoms with Crippen LogP contribution in [0.15, 0.2) is 63.8 Å². The first kappa shape index (κ1) is 23.7. The summed E-state index contributed by atoms with van der Waals surface area (Å²) in [5.74, 6) is 1.56. The van der Waals surface area contributed by atoms with Crippen molar-refractivity contribution in [3.05, 3.63) is 76.1 Å². The van der Waals surface area contributed by atoms with Crippen molar-refractivity contribution in [3.8, 4) is 39.9 Å². The maximum atomic E-state index is 13.3. The Bertz CT molecular complexity index is 1440. The molecule has 0 aliphatic rings. The number of carbonyl (C=O) groups is 1. The van der Waals surface area contributed by atoms with Gasteiger partial charge in [0, 0.05) is 11.6 Å². The van der Waals surface area contributed by atoms with Crippen molar-refractivity contribution < 1.29 is 32.9 Å². The second-order valence-electron chi connectivity index (χ2n) is 7.52. The highest BCUT2D eigenvalue weighted by molar-refractivity contribution is 5.93. The number of fused-ring (bicyclic) bond motifs is 1. The number of methoxy groups -OCH3 is 4. The minimum atomic E-state index is -0.645. The zero-order valence-electron chi connectivity index (χ0n) is 20.0. The molecule has 0 saturated carbocycles. The molecule has 0 amide bonds. The summed E-state index contributed by atoms with van der Waals surface area (Å²) in [5, 5.41) is 0.351. The van der Waals surface area contributed by atoms with Crippen LogP contribution in [0.3, 0.4) is 0 Å². The third-order valence-electron chi connectivity index (χ3n) is 5.53. The molecule has 35 heavy (non-hydrogen) atoms. The lowest BCUT2D eigenvalue weighted by Gasteiger charge is -2.14. The number of aryl methyl sites for hydroxylation is 1. The van der Waals surface area contributed by atoms with Crippen LogP contribution in [0.4, 0.5) is 0 Å². The Balaban J connectivity index is 1.71. The number of esters is 1. The van der Waals surface area contributed by atoms with Crippen LogP contribution in [0.2, 0.25) is 0 Å². The second-order valence-corrected chi connectivity index (χ2v) is 7.52. The van der Waals surface area contributed by atoms with Crippen LogP contribution in [-0.4, -0.2) is 34.4 Å². The van der Waals surface area contributed by atoms with E-state index in [1.165, 1.54) is 45.6 Å². The summed E-state index contributed by atoms with van der Waals surface area (Å²) in [4.78, 5) is 26.2. The zero-order valence-corrected chi connectivity index (χ0v) is 20.0. The number of para-hydroxylation sites is 1. The van der Waals surface area contributed by atoms with E-state index < -0.39 is 5.97 Å². The molecule has 4 rings (SSSR count). The molecule has 180 valence electrons. The van der Waals surface area contributed by atoms with Gasteiger partial charge in [0.05, 0.1) is 45.0 Å². The summed E-state index contributed by atoms with van der Waals surface area (Å²) in [6.07, 6.45) is 0. The van der Waals surface area contributed by atoms with Gasteiger partial charge in [-0.25, -0.2) is 4.79 Å². The van der Waals surface area contributed by atoms with Gasteiger partial charge in [-0.05, 0) is 37.3 Å². The molecule has 0 saturated heterocycles. The Morgan fingerprint density at radius 2 is 1.46 bits per heavy atom. The summed E-state index contributed by atoms with van der Waals surface area (Å²) in [7, 11) is 5.94. The quantitative estimate of drug-likeness (QED) is 0.271. The molecule has 8 heteroatoms. The Hall–Kier alpha value is -4.46. The topological polar surface area (TPSA) is 93.4 Å². The van der Waals surface area contributed by atoms with Gasteiger partial charge in [0.1, 0.15) is 22.8 Å². The predicted octanol–water partition coefficient (Wildman–Crippen LogP) is 5.02. The van der Waals surface area contributed by atoms with Crippen LogP contribution in [0.1, 0.15) is 16.1 Å². The first-order valence-corrected chi connectivity index (χ1v) is 10.6. The highest BCUT2D eigenvalue weighted by Crippen LogP contribution is 2.38. The van der Waals surface area contributed by atoms with Crippen LogP contribution < -0.4 is 29.1 Å². The van der Waals surface area contributed by atoms with Gasteiger partial charge in [-0.2, -0.15) is 0 Å². The van der Waals surface area contributed by atoms with Crippen molar-refractivity contribution in [2.45, 2.75) is 6.92 Å². The number of hydrogen-bond acceptors (Lipinski definition) is 8. The molecule has 4 aromatic rings. The molecule has 0 bridgehead atoms. The summed E-state index contributed by atoms with van der Waals surface area (Å²) in [6, 6.07) is 14.8. The van der Waals surface area contributed by atoms with Crippen LogP contribution >= 0.6 is 0 Å². The molecule has 3 aromatic carbocycles. The molecule has 1 aromatic heterocycles. The molecule has 0 radical (unpaired) electrons. The molecule has 1 heterocycles. The molecule has 0 atom stereocenters. The van der Waals surface area contributed by atoms with E-state index in [4.69, 9.17) is 28.1 Å². The summed E-state index contributed by atoms with van der Waals surface area (Å²) >= 11 is 0.